The highest BCUT2D eigenvalue weighted by Crippen LogP contribution is 2.23. The summed E-state index contributed by atoms with van der Waals surface area (Å²) in [6.45, 7) is 2.72. The number of aliphatic carboxylic acids is 1. The van der Waals surface area contributed by atoms with Crippen LogP contribution in [0, 0.1) is 0 Å². The average Bonchev–Trinajstić information content (AvgIpc) is 2.50. The van der Waals surface area contributed by atoms with Crippen molar-refractivity contribution < 1.29 is 23.8 Å². The van der Waals surface area contributed by atoms with E-state index in [0.717, 1.165) is 0 Å². The molecule has 0 fully saturated rings. The molecular weight excluding hydrogens is 188 g/mol. The predicted molar refractivity (Wildman–Crippen MR) is 46.1 cm³/mol. The van der Waals surface area contributed by atoms with E-state index >= 15 is 0 Å². The second-order valence-electron chi connectivity index (χ2n) is 2.81. The fourth-order valence-electron chi connectivity index (χ4n) is 0.885. The van der Waals surface area contributed by atoms with Gasteiger partial charge in [0.05, 0.1) is 0 Å². The van der Waals surface area contributed by atoms with E-state index in [9.17, 15) is 9.59 Å². The standard InChI is InChI=1S/C9H10O5/c1-5(9(11)12)7-3-4-8(14-7)13-6(2)10/h3-5H,1-2H3,(H,11,12). The van der Waals surface area contributed by atoms with Crippen LogP contribution < -0.4 is 4.74 Å². The van der Waals surface area contributed by atoms with Crippen molar-refractivity contribution in [2.24, 2.45) is 0 Å². The van der Waals surface area contributed by atoms with Gasteiger partial charge >= 0.3 is 11.9 Å². The molecule has 1 atom stereocenters. The summed E-state index contributed by atoms with van der Waals surface area (Å²) >= 11 is 0. The van der Waals surface area contributed by atoms with Gasteiger partial charge in [-0.25, -0.2) is 0 Å². The molecule has 1 heterocycles. The topological polar surface area (TPSA) is 76.7 Å². The maximum atomic E-state index is 10.6. The van der Waals surface area contributed by atoms with Gasteiger partial charge in [-0.05, 0) is 13.0 Å². The number of hydrogen-bond donors (Lipinski definition) is 1. The summed E-state index contributed by atoms with van der Waals surface area (Å²) in [5.41, 5.74) is 0. The second-order valence-corrected chi connectivity index (χ2v) is 2.81. The molecule has 0 amide bonds. The van der Waals surface area contributed by atoms with Crippen molar-refractivity contribution in [3.05, 3.63) is 17.9 Å². The normalized spacial score (nSPS) is 12.1. The summed E-state index contributed by atoms with van der Waals surface area (Å²) in [4.78, 5) is 21.1. The van der Waals surface area contributed by atoms with Crippen LogP contribution in [0.4, 0.5) is 0 Å². The van der Waals surface area contributed by atoms with Gasteiger partial charge in [0, 0.05) is 13.0 Å². The number of carbonyl (C=O) groups is 2. The maximum Gasteiger partial charge on any atom is 0.313 e. The van der Waals surface area contributed by atoms with Crippen LogP contribution in [0.25, 0.3) is 0 Å². The lowest BCUT2D eigenvalue weighted by Gasteiger charge is -2.00. The summed E-state index contributed by atoms with van der Waals surface area (Å²) in [7, 11) is 0. The number of ether oxygens (including phenoxy) is 1. The molecule has 0 aliphatic rings. The zero-order valence-corrected chi connectivity index (χ0v) is 7.81. The lowest BCUT2D eigenvalue weighted by molar-refractivity contribution is -0.138. The third-order valence-electron chi connectivity index (χ3n) is 1.64. The van der Waals surface area contributed by atoms with Gasteiger partial charge in [-0.3, -0.25) is 9.59 Å². The molecule has 1 unspecified atom stereocenters. The molecule has 0 aliphatic heterocycles. The first-order valence-corrected chi connectivity index (χ1v) is 4.01. The number of esters is 1. The Morgan fingerprint density at radius 3 is 2.64 bits per heavy atom. The lowest BCUT2D eigenvalue weighted by atomic mass is 10.1. The van der Waals surface area contributed by atoms with Gasteiger partial charge in [0.1, 0.15) is 11.7 Å². The first-order chi connectivity index (χ1) is 6.50. The number of carboxylic acid groups (broad SMARTS) is 1. The van der Waals surface area contributed by atoms with Crippen LogP contribution in [0.5, 0.6) is 5.95 Å². The van der Waals surface area contributed by atoms with Gasteiger partial charge in [0.25, 0.3) is 5.95 Å². The fraction of sp³-hybridized carbons (Fsp3) is 0.333. The zero-order valence-electron chi connectivity index (χ0n) is 7.81. The smallest absolute Gasteiger partial charge is 0.313 e. The van der Waals surface area contributed by atoms with Crippen LogP contribution in [0.3, 0.4) is 0 Å². The van der Waals surface area contributed by atoms with Crippen molar-refractivity contribution in [2.75, 3.05) is 0 Å². The number of carboxylic acids is 1. The highest BCUT2D eigenvalue weighted by atomic mass is 16.6. The highest BCUT2D eigenvalue weighted by Gasteiger charge is 2.18. The van der Waals surface area contributed by atoms with Crippen LogP contribution in [0.1, 0.15) is 25.5 Å². The van der Waals surface area contributed by atoms with Gasteiger partial charge in [-0.15, -0.1) is 0 Å². The summed E-state index contributed by atoms with van der Waals surface area (Å²) in [6, 6.07) is 2.88. The van der Waals surface area contributed by atoms with E-state index in [1.807, 2.05) is 0 Å². The quantitative estimate of drug-likeness (QED) is 0.742. The molecule has 0 saturated heterocycles. The summed E-state index contributed by atoms with van der Waals surface area (Å²) in [5, 5.41) is 8.66. The van der Waals surface area contributed by atoms with Crippen molar-refractivity contribution >= 4 is 11.9 Å². The first-order valence-electron chi connectivity index (χ1n) is 4.01. The van der Waals surface area contributed by atoms with E-state index in [0.29, 0.717) is 0 Å². The third-order valence-corrected chi connectivity index (χ3v) is 1.64. The molecule has 1 N–H and O–H groups in total. The third kappa shape index (κ3) is 2.35. The number of carbonyl (C=O) groups excluding carboxylic acids is 1. The van der Waals surface area contributed by atoms with Crippen LogP contribution >= 0.6 is 0 Å². The van der Waals surface area contributed by atoms with Crippen molar-refractivity contribution in [1.29, 1.82) is 0 Å². The van der Waals surface area contributed by atoms with Crippen molar-refractivity contribution in [1.82, 2.24) is 0 Å². The average molecular weight is 198 g/mol. The maximum absolute atomic E-state index is 10.6. The van der Waals surface area contributed by atoms with Gasteiger partial charge in [-0.1, -0.05) is 0 Å². The Hall–Kier alpha value is -1.78. The molecule has 1 aromatic heterocycles. The molecule has 0 bridgehead atoms. The van der Waals surface area contributed by atoms with Crippen LogP contribution in [-0.4, -0.2) is 17.0 Å². The zero-order chi connectivity index (χ0) is 10.7. The molecule has 5 heteroatoms. The van der Waals surface area contributed by atoms with E-state index in [1.54, 1.807) is 0 Å². The highest BCUT2D eigenvalue weighted by molar-refractivity contribution is 5.74. The minimum atomic E-state index is -0.992. The van der Waals surface area contributed by atoms with Crippen LogP contribution in [0.2, 0.25) is 0 Å². The predicted octanol–water partition coefficient (Wildman–Crippen LogP) is 1.39. The lowest BCUT2D eigenvalue weighted by Crippen LogP contribution is -2.06. The van der Waals surface area contributed by atoms with E-state index in [2.05, 4.69) is 4.74 Å². The van der Waals surface area contributed by atoms with Crippen molar-refractivity contribution in [2.45, 2.75) is 19.8 Å². The molecule has 0 aliphatic carbocycles. The largest absolute Gasteiger partial charge is 0.481 e. The van der Waals surface area contributed by atoms with Crippen molar-refractivity contribution in [3.8, 4) is 5.95 Å². The molecule has 0 saturated carbocycles. The number of hydrogen-bond acceptors (Lipinski definition) is 4. The van der Waals surface area contributed by atoms with E-state index in [1.165, 1.54) is 26.0 Å². The van der Waals surface area contributed by atoms with Gasteiger partial charge < -0.3 is 14.3 Å². The first kappa shape index (κ1) is 10.3. The monoisotopic (exact) mass is 198 g/mol. The van der Waals surface area contributed by atoms with Crippen LogP contribution in [0.15, 0.2) is 16.5 Å². The van der Waals surface area contributed by atoms with E-state index in [4.69, 9.17) is 9.52 Å². The molecule has 1 rings (SSSR count). The molecule has 14 heavy (non-hydrogen) atoms. The van der Waals surface area contributed by atoms with Gasteiger partial charge in [-0.2, -0.15) is 0 Å². The Balaban J connectivity index is 2.77. The Labute approximate surface area is 80.3 Å². The summed E-state index contributed by atoms with van der Waals surface area (Å²) < 4.78 is 9.62. The molecule has 76 valence electrons. The Morgan fingerprint density at radius 2 is 2.14 bits per heavy atom. The molecule has 5 nitrogen and oxygen atoms in total. The summed E-state index contributed by atoms with van der Waals surface area (Å²) in [5.74, 6) is -1.98. The van der Waals surface area contributed by atoms with Gasteiger partial charge in [0.15, 0.2) is 0 Å². The molecule has 0 spiro atoms. The Kier molecular flexibility index (Phi) is 2.91. The van der Waals surface area contributed by atoms with Crippen LogP contribution in [-0.2, 0) is 9.59 Å². The minimum absolute atomic E-state index is 0.0144. The van der Waals surface area contributed by atoms with E-state index in [-0.39, 0.29) is 11.7 Å². The number of rotatable bonds is 3. The van der Waals surface area contributed by atoms with E-state index < -0.39 is 17.9 Å². The second kappa shape index (κ2) is 3.95. The SMILES string of the molecule is CC(=O)Oc1ccc(C(C)C(=O)O)o1. The molecule has 0 radical (unpaired) electrons. The Bertz CT molecular complexity index is 352. The van der Waals surface area contributed by atoms with Gasteiger partial charge in [0.2, 0.25) is 0 Å². The van der Waals surface area contributed by atoms with Crippen molar-refractivity contribution in [3.63, 3.8) is 0 Å². The minimum Gasteiger partial charge on any atom is -0.481 e. The molecule has 1 aromatic rings. The Morgan fingerprint density at radius 1 is 1.50 bits per heavy atom. The molecule has 0 aromatic carbocycles. The fourth-order valence-corrected chi connectivity index (χ4v) is 0.885. The molecular formula is C9H10O5. The summed E-state index contributed by atoms with van der Waals surface area (Å²) in [6.07, 6.45) is 0. The number of furan rings is 1.